The molecule has 4 rings (SSSR count). The van der Waals surface area contributed by atoms with Crippen LogP contribution in [0.5, 0.6) is 0 Å². The fourth-order valence-electron chi connectivity index (χ4n) is 5.35. The predicted molar refractivity (Wildman–Crippen MR) is 166 cm³/mol. The maximum Gasteiger partial charge on any atom is 0.222 e. The molecule has 8 heteroatoms. The smallest absolute Gasteiger partial charge is 0.222 e. The van der Waals surface area contributed by atoms with Crippen LogP contribution >= 0.6 is 0 Å². The van der Waals surface area contributed by atoms with Crippen LogP contribution in [0.1, 0.15) is 86.7 Å². The lowest BCUT2D eigenvalue weighted by molar-refractivity contribution is -0.133. The van der Waals surface area contributed by atoms with Gasteiger partial charge in [-0.05, 0) is 37.1 Å². The van der Waals surface area contributed by atoms with Crippen LogP contribution in [0.25, 0.3) is 0 Å². The molecule has 1 aromatic heterocycles. The van der Waals surface area contributed by atoms with Crippen LogP contribution in [-0.2, 0) is 36.9 Å². The fourth-order valence-corrected chi connectivity index (χ4v) is 5.35. The quantitative estimate of drug-likeness (QED) is 0.397. The van der Waals surface area contributed by atoms with Gasteiger partial charge in [0.25, 0.3) is 0 Å². The highest BCUT2D eigenvalue weighted by molar-refractivity contribution is 5.76. The van der Waals surface area contributed by atoms with E-state index in [1.54, 1.807) is 0 Å². The van der Waals surface area contributed by atoms with Crippen molar-refractivity contribution in [1.29, 1.82) is 0 Å². The van der Waals surface area contributed by atoms with Crippen LogP contribution in [0.15, 0.2) is 42.5 Å². The molecule has 0 spiro atoms. The van der Waals surface area contributed by atoms with Gasteiger partial charge in [-0.3, -0.25) is 14.6 Å². The van der Waals surface area contributed by atoms with Crippen molar-refractivity contribution >= 4 is 11.8 Å². The molecular weight excluding hydrogens is 542 g/mol. The molecule has 0 saturated heterocycles. The van der Waals surface area contributed by atoms with Gasteiger partial charge in [0.2, 0.25) is 11.8 Å². The Morgan fingerprint density at radius 2 is 1.00 bits per heavy atom. The topological polar surface area (TPSA) is 81.2 Å². The number of rotatable bonds is 0. The normalized spacial score (nSPS) is 19.6. The van der Waals surface area contributed by atoms with Gasteiger partial charge in [-0.2, -0.15) is 0 Å². The van der Waals surface area contributed by atoms with Crippen LogP contribution in [0.2, 0.25) is 0 Å². The number of aromatic nitrogens is 1. The Kier molecular flexibility index (Phi) is 14.5. The van der Waals surface area contributed by atoms with Crippen molar-refractivity contribution in [2.75, 3.05) is 52.7 Å². The summed E-state index contributed by atoms with van der Waals surface area (Å²) in [6.07, 6.45) is 9.53. The third-order valence-corrected chi connectivity index (χ3v) is 7.75. The summed E-state index contributed by atoms with van der Waals surface area (Å²) in [6.45, 7) is 4.38. The second-order valence-electron chi connectivity index (χ2n) is 11.3. The van der Waals surface area contributed by atoms with E-state index >= 15 is 0 Å². The Morgan fingerprint density at radius 3 is 1.51 bits per heavy atom. The van der Waals surface area contributed by atoms with E-state index in [1.165, 1.54) is 12.8 Å². The summed E-state index contributed by atoms with van der Waals surface area (Å²) in [5.41, 5.74) is 3.25. The first-order chi connectivity index (χ1) is 21.2. The van der Waals surface area contributed by atoms with E-state index in [2.05, 4.69) is 11.8 Å². The summed E-state index contributed by atoms with van der Waals surface area (Å²) in [4.78, 5) is 35.5. The predicted octanol–water partition coefficient (Wildman–Crippen LogP) is 5.12. The van der Waals surface area contributed by atoms with Crippen LogP contribution in [0.4, 0.5) is 0 Å². The lowest BCUT2D eigenvalue weighted by Crippen LogP contribution is -2.35. The van der Waals surface area contributed by atoms with Crippen LogP contribution in [0, 0.1) is 11.8 Å². The average Bonchev–Trinajstić information content (AvgIpc) is 3.01. The number of pyridine rings is 1. The molecule has 43 heavy (non-hydrogen) atoms. The summed E-state index contributed by atoms with van der Waals surface area (Å²) in [5, 5.41) is 0. The van der Waals surface area contributed by atoms with Crippen molar-refractivity contribution in [2.45, 2.75) is 77.3 Å². The van der Waals surface area contributed by atoms with E-state index in [-0.39, 0.29) is 11.8 Å². The van der Waals surface area contributed by atoms with E-state index in [0.717, 1.165) is 61.0 Å². The largest absolute Gasteiger partial charge is 0.377 e. The zero-order chi connectivity index (χ0) is 30.0. The number of carbonyl (C=O) groups excluding carboxylic acids is 2. The Bertz CT molecular complexity index is 1130. The molecule has 0 unspecified atom stereocenters. The standard InChI is InChI=1S/C35H47N3O5/c39-34-14-10-5-3-1-2-4-6-11-15-35(40)38-19-21-42-23-25-43-24-22-41-20-18-37(34)28-32-26-31(27-33(29-38)36-32)17-16-30-12-8-7-9-13-30/h7-9,12-13,26-27H,1-6,10-11,14-15,18-25,28-29H2. The van der Waals surface area contributed by atoms with Gasteiger partial charge in [-0.25, -0.2) is 0 Å². The van der Waals surface area contributed by atoms with Gasteiger partial charge in [0.1, 0.15) is 0 Å². The van der Waals surface area contributed by atoms with Crippen molar-refractivity contribution in [3.63, 3.8) is 0 Å². The molecule has 1 aromatic carbocycles. The molecule has 8 nitrogen and oxygen atoms in total. The minimum Gasteiger partial charge on any atom is -0.377 e. The maximum atomic E-state index is 13.4. The Morgan fingerprint density at radius 1 is 0.558 bits per heavy atom. The molecule has 0 saturated carbocycles. The van der Waals surface area contributed by atoms with E-state index in [9.17, 15) is 9.59 Å². The third kappa shape index (κ3) is 12.5. The van der Waals surface area contributed by atoms with Gasteiger partial charge < -0.3 is 24.0 Å². The van der Waals surface area contributed by atoms with E-state index < -0.39 is 0 Å². The lowest BCUT2D eigenvalue weighted by atomic mass is 10.1. The number of benzene rings is 1. The van der Waals surface area contributed by atoms with Gasteiger partial charge >= 0.3 is 0 Å². The zero-order valence-corrected chi connectivity index (χ0v) is 25.6. The summed E-state index contributed by atoms with van der Waals surface area (Å²) in [5.74, 6) is 6.78. The van der Waals surface area contributed by atoms with Crippen LogP contribution in [0.3, 0.4) is 0 Å². The highest BCUT2D eigenvalue weighted by Gasteiger charge is 2.19. The van der Waals surface area contributed by atoms with Gasteiger partial charge in [-0.15, -0.1) is 0 Å². The number of carbonyl (C=O) groups is 2. The molecule has 0 atom stereocenters. The Labute approximate surface area is 257 Å². The number of hydrogen-bond acceptors (Lipinski definition) is 6. The molecule has 4 bridgehead atoms. The zero-order valence-electron chi connectivity index (χ0n) is 25.6. The van der Waals surface area contributed by atoms with Crippen molar-refractivity contribution in [1.82, 2.24) is 14.8 Å². The number of hydrogen-bond donors (Lipinski definition) is 0. The van der Waals surface area contributed by atoms with Crippen LogP contribution in [-0.4, -0.2) is 79.3 Å². The molecule has 3 heterocycles. The monoisotopic (exact) mass is 589 g/mol. The number of fused-ring (bicyclic) bond motifs is 2. The van der Waals surface area contributed by atoms with E-state index in [0.29, 0.717) is 78.7 Å². The number of ether oxygens (including phenoxy) is 3. The molecule has 0 radical (unpaired) electrons. The van der Waals surface area contributed by atoms with Crippen molar-refractivity contribution in [3.8, 4) is 11.8 Å². The summed E-state index contributed by atoms with van der Waals surface area (Å²) in [6, 6.07) is 13.8. The average molecular weight is 590 g/mol. The summed E-state index contributed by atoms with van der Waals surface area (Å²) in [7, 11) is 0. The second-order valence-corrected chi connectivity index (χ2v) is 11.3. The van der Waals surface area contributed by atoms with E-state index in [4.69, 9.17) is 19.2 Å². The molecule has 2 aliphatic rings. The SMILES string of the molecule is O=C1CCCCCCCCCCC(=O)N2CCOCCOCCOCCN1Cc1cc(C#Cc3ccccc3)cc(n1)C2. The Hall–Kier alpha value is -3.25. The number of amides is 2. The van der Waals surface area contributed by atoms with Gasteiger partial charge in [0, 0.05) is 37.1 Å². The van der Waals surface area contributed by atoms with Gasteiger partial charge in [0.15, 0.2) is 0 Å². The molecule has 2 aromatic rings. The summed E-state index contributed by atoms with van der Waals surface area (Å²) >= 11 is 0. The summed E-state index contributed by atoms with van der Waals surface area (Å²) < 4.78 is 17.2. The minimum absolute atomic E-state index is 0.116. The van der Waals surface area contributed by atoms with Gasteiger partial charge in [0.05, 0.1) is 64.1 Å². The molecule has 2 aliphatic heterocycles. The van der Waals surface area contributed by atoms with Gasteiger partial charge in [-0.1, -0.05) is 68.6 Å². The lowest BCUT2D eigenvalue weighted by Gasteiger charge is -2.25. The molecule has 2 amide bonds. The maximum absolute atomic E-state index is 13.4. The molecular formula is C35H47N3O5. The first kappa shape index (κ1) is 32.7. The van der Waals surface area contributed by atoms with Crippen LogP contribution < -0.4 is 0 Å². The third-order valence-electron chi connectivity index (χ3n) is 7.75. The molecule has 0 aliphatic carbocycles. The van der Waals surface area contributed by atoms with Crippen molar-refractivity contribution in [3.05, 3.63) is 65.0 Å². The van der Waals surface area contributed by atoms with E-state index in [1.807, 2.05) is 52.3 Å². The molecule has 0 N–H and O–H groups in total. The number of nitrogens with zero attached hydrogens (tertiary/aromatic N) is 3. The first-order valence-electron chi connectivity index (χ1n) is 16.0. The highest BCUT2D eigenvalue weighted by atomic mass is 16.5. The Balaban J connectivity index is 1.66. The van der Waals surface area contributed by atoms with Crippen molar-refractivity contribution < 1.29 is 23.8 Å². The van der Waals surface area contributed by atoms with Crippen molar-refractivity contribution in [2.24, 2.45) is 0 Å². The second kappa shape index (κ2) is 19.1. The molecule has 0 fully saturated rings. The fraction of sp³-hybridized carbons (Fsp3) is 0.571. The minimum atomic E-state index is 0.116. The molecule has 232 valence electrons. The first-order valence-corrected chi connectivity index (χ1v) is 16.0. The highest BCUT2D eigenvalue weighted by Crippen LogP contribution is 2.16.